The van der Waals surface area contributed by atoms with Gasteiger partial charge < -0.3 is 15.0 Å². The maximum Gasteiger partial charge on any atom is 0.251 e. The fourth-order valence-corrected chi connectivity index (χ4v) is 4.37. The highest BCUT2D eigenvalue weighted by atomic mass is 32.2. The molecular weight excluding hydrogens is 416 g/mol. The highest BCUT2D eigenvalue weighted by molar-refractivity contribution is 7.89. The number of carbonyl (C=O) groups is 1. The Bertz CT molecular complexity index is 1000. The van der Waals surface area contributed by atoms with Crippen molar-refractivity contribution in [2.75, 3.05) is 47.4 Å². The largest absolute Gasteiger partial charge is 0.495 e. The predicted molar refractivity (Wildman–Crippen MR) is 120 cm³/mol. The number of sulfonamides is 1. The minimum atomic E-state index is -3.75. The molecule has 0 saturated carbocycles. The maximum atomic E-state index is 12.6. The summed E-state index contributed by atoms with van der Waals surface area (Å²) in [5, 5.41) is 2.84. The predicted octanol–water partition coefficient (Wildman–Crippen LogP) is 1.28. The standard InChI is InChI=1S/C22H30N4O4S/c1-23-31(28,29)21-14-19(8-9-20(21)30-3)22(27)24-15-17-4-6-18(7-5-17)16-26-12-10-25(2)11-13-26/h4-9,14,23H,10-13,15-16H2,1-3H3,(H,24,27). The first-order valence-electron chi connectivity index (χ1n) is 10.2. The summed E-state index contributed by atoms with van der Waals surface area (Å²) in [7, 11) is 1.10. The molecule has 0 aliphatic carbocycles. The zero-order chi connectivity index (χ0) is 22.4. The molecule has 1 aliphatic heterocycles. The molecule has 0 spiro atoms. The lowest BCUT2D eigenvalue weighted by atomic mass is 10.1. The van der Waals surface area contributed by atoms with E-state index in [0.717, 1.165) is 38.3 Å². The lowest BCUT2D eigenvalue weighted by Gasteiger charge is -2.32. The monoisotopic (exact) mass is 446 g/mol. The van der Waals surface area contributed by atoms with Crippen LogP contribution in [0, 0.1) is 0 Å². The molecule has 1 fully saturated rings. The molecule has 0 aromatic heterocycles. The molecule has 1 heterocycles. The van der Waals surface area contributed by atoms with Crippen LogP contribution in [0.15, 0.2) is 47.4 Å². The fourth-order valence-electron chi connectivity index (χ4n) is 3.45. The van der Waals surface area contributed by atoms with Crippen molar-refractivity contribution in [1.82, 2.24) is 19.8 Å². The van der Waals surface area contributed by atoms with Crippen molar-refractivity contribution in [3.05, 3.63) is 59.2 Å². The maximum absolute atomic E-state index is 12.6. The van der Waals surface area contributed by atoms with Gasteiger partial charge in [0.1, 0.15) is 10.6 Å². The molecule has 9 heteroatoms. The van der Waals surface area contributed by atoms with Gasteiger partial charge in [-0.15, -0.1) is 0 Å². The van der Waals surface area contributed by atoms with E-state index in [2.05, 4.69) is 39.0 Å². The van der Waals surface area contributed by atoms with Gasteiger partial charge in [0.05, 0.1) is 7.11 Å². The molecule has 8 nitrogen and oxygen atoms in total. The Labute approximate surface area is 184 Å². The van der Waals surface area contributed by atoms with Crippen LogP contribution in [0.25, 0.3) is 0 Å². The number of hydrogen-bond donors (Lipinski definition) is 2. The van der Waals surface area contributed by atoms with Gasteiger partial charge in [0.15, 0.2) is 0 Å². The third kappa shape index (κ3) is 6.04. The van der Waals surface area contributed by atoms with Gasteiger partial charge in [0.25, 0.3) is 5.91 Å². The molecule has 0 radical (unpaired) electrons. The van der Waals surface area contributed by atoms with Crippen LogP contribution in [-0.2, 0) is 23.1 Å². The SMILES string of the molecule is CNS(=O)(=O)c1cc(C(=O)NCc2ccc(CN3CCN(C)CC3)cc2)ccc1OC. The number of likely N-dealkylation sites (N-methyl/N-ethyl adjacent to an activating group) is 1. The molecule has 2 N–H and O–H groups in total. The second-order valence-electron chi connectivity index (χ2n) is 7.65. The van der Waals surface area contributed by atoms with E-state index in [1.165, 1.54) is 31.9 Å². The van der Waals surface area contributed by atoms with Gasteiger partial charge in [-0.1, -0.05) is 24.3 Å². The number of ether oxygens (including phenoxy) is 1. The Morgan fingerprint density at radius 3 is 2.29 bits per heavy atom. The highest BCUT2D eigenvalue weighted by Crippen LogP contribution is 2.24. The second-order valence-corrected chi connectivity index (χ2v) is 9.51. The summed E-state index contributed by atoms with van der Waals surface area (Å²) in [4.78, 5) is 17.3. The lowest BCUT2D eigenvalue weighted by Crippen LogP contribution is -2.43. The number of nitrogens with one attached hydrogen (secondary N) is 2. The molecule has 2 aromatic carbocycles. The summed E-state index contributed by atoms with van der Waals surface area (Å²) in [5.74, 6) is -0.168. The Morgan fingerprint density at radius 2 is 1.68 bits per heavy atom. The summed E-state index contributed by atoms with van der Waals surface area (Å²) >= 11 is 0. The normalized spacial score (nSPS) is 15.6. The van der Waals surface area contributed by atoms with Gasteiger partial charge in [0, 0.05) is 44.8 Å². The molecule has 1 aliphatic rings. The van der Waals surface area contributed by atoms with E-state index in [-0.39, 0.29) is 22.1 Å². The second kappa shape index (κ2) is 10.2. The van der Waals surface area contributed by atoms with E-state index in [4.69, 9.17) is 4.74 Å². The van der Waals surface area contributed by atoms with E-state index in [0.29, 0.717) is 6.54 Å². The van der Waals surface area contributed by atoms with Crippen molar-refractivity contribution >= 4 is 15.9 Å². The van der Waals surface area contributed by atoms with Crippen LogP contribution in [0.5, 0.6) is 5.75 Å². The van der Waals surface area contributed by atoms with Crippen molar-refractivity contribution < 1.29 is 17.9 Å². The first kappa shape index (κ1) is 23.2. The van der Waals surface area contributed by atoms with E-state index >= 15 is 0 Å². The van der Waals surface area contributed by atoms with Crippen molar-refractivity contribution in [1.29, 1.82) is 0 Å². The Kier molecular flexibility index (Phi) is 7.66. The summed E-state index contributed by atoms with van der Waals surface area (Å²) in [5.41, 5.74) is 2.48. The van der Waals surface area contributed by atoms with Crippen molar-refractivity contribution in [2.24, 2.45) is 0 Å². The van der Waals surface area contributed by atoms with Crippen molar-refractivity contribution in [2.45, 2.75) is 18.0 Å². The number of methoxy groups -OCH3 is 1. The number of nitrogens with zero attached hydrogens (tertiary/aromatic N) is 2. The van der Waals surface area contributed by atoms with Crippen molar-refractivity contribution in [3.63, 3.8) is 0 Å². The zero-order valence-electron chi connectivity index (χ0n) is 18.2. The van der Waals surface area contributed by atoms with Gasteiger partial charge in [-0.3, -0.25) is 9.69 Å². The van der Waals surface area contributed by atoms with Crippen LogP contribution >= 0.6 is 0 Å². The molecule has 31 heavy (non-hydrogen) atoms. The van der Waals surface area contributed by atoms with Crippen molar-refractivity contribution in [3.8, 4) is 5.75 Å². The smallest absolute Gasteiger partial charge is 0.251 e. The average molecular weight is 447 g/mol. The topological polar surface area (TPSA) is 91.0 Å². The molecule has 1 amide bonds. The molecule has 0 atom stereocenters. The third-order valence-electron chi connectivity index (χ3n) is 5.46. The van der Waals surface area contributed by atoms with Crippen LogP contribution < -0.4 is 14.8 Å². The highest BCUT2D eigenvalue weighted by Gasteiger charge is 2.20. The first-order chi connectivity index (χ1) is 14.8. The molecule has 0 bridgehead atoms. The Morgan fingerprint density at radius 1 is 1.03 bits per heavy atom. The molecule has 0 unspecified atom stereocenters. The number of carbonyl (C=O) groups excluding carboxylic acids is 1. The van der Waals surface area contributed by atoms with E-state index < -0.39 is 10.0 Å². The van der Waals surface area contributed by atoms with Crippen LogP contribution in [0.1, 0.15) is 21.5 Å². The van der Waals surface area contributed by atoms with Gasteiger partial charge >= 0.3 is 0 Å². The van der Waals surface area contributed by atoms with Crippen LogP contribution in [0.4, 0.5) is 0 Å². The van der Waals surface area contributed by atoms with E-state index in [1.807, 2.05) is 12.1 Å². The minimum Gasteiger partial charge on any atom is -0.495 e. The average Bonchev–Trinajstić information content (AvgIpc) is 2.79. The van der Waals surface area contributed by atoms with E-state index in [9.17, 15) is 13.2 Å². The fraction of sp³-hybridized carbons (Fsp3) is 0.409. The quantitative estimate of drug-likeness (QED) is 0.635. The zero-order valence-corrected chi connectivity index (χ0v) is 19.0. The molecular formula is C22H30N4O4S. The van der Waals surface area contributed by atoms with Gasteiger partial charge in [-0.05, 0) is 43.4 Å². The Hall–Kier alpha value is -2.46. The first-order valence-corrected chi connectivity index (χ1v) is 11.7. The van der Waals surface area contributed by atoms with Gasteiger partial charge in [-0.2, -0.15) is 0 Å². The Balaban J connectivity index is 1.60. The number of piperazine rings is 1. The third-order valence-corrected chi connectivity index (χ3v) is 6.90. The molecule has 168 valence electrons. The lowest BCUT2D eigenvalue weighted by molar-refractivity contribution is 0.0950. The van der Waals surface area contributed by atoms with Crippen LogP contribution in [-0.4, -0.2) is 71.5 Å². The van der Waals surface area contributed by atoms with Gasteiger partial charge in [-0.25, -0.2) is 13.1 Å². The summed E-state index contributed by atoms with van der Waals surface area (Å²) in [6.07, 6.45) is 0. The molecule has 3 rings (SSSR count). The number of benzene rings is 2. The summed E-state index contributed by atoms with van der Waals surface area (Å²) < 4.78 is 31.8. The minimum absolute atomic E-state index is 0.0709. The molecule has 2 aromatic rings. The van der Waals surface area contributed by atoms with Crippen LogP contribution in [0.3, 0.4) is 0 Å². The van der Waals surface area contributed by atoms with Crippen LogP contribution in [0.2, 0.25) is 0 Å². The number of rotatable bonds is 8. The summed E-state index contributed by atoms with van der Waals surface area (Å²) in [6.45, 7) is 5.60. The van der Waals surface area contributed by atoms with E-state index in [1.54, 1.807) is 6.07 Å². The number of amides is 1. The molecule has 1 saturated heterocycles. The van der Waals surface area contributed by atoms with Gasteiger partial charge in [0.2, 0.25) is 10.0 Å². The number of hydrogen-bond acceptors (Lipinski definition) is 6. The summed E-state index contributed by atoms with van der Waals surface area (Å²) in [6, 6.07) is 12.5.